The summed E-state index contributed by atoms with van der Waals surface area (Å²) in [6.45, 7) is 2.36. The van der Waals surface area contributed by atoms with Gasteiger partial charge in [0.2, 0.25) is 5.91 Å². The second kappa shape index (κ2) is 15.5. The van der Waals surface area contributed by atoms with E-state index in [-0.39, 0.29) is 36.9 Å². The van der Waals surface area contributed by atoms with Crippen LogP contribution in [0.25, 0.3) is 0 Å². The molecule has 0 spiro atoms. The number of aliphatic carboxylic acids is 3. The van der Waals surface area contributed by atoms with Crippen molar-refractivity contribution in [3.63, 3.8) is 0 Å². The van der Waals surface area contributed by atoms with E-state index in [2.05, 4.69) is 26.6 Å². The number of nitrogens with one attached hydrogen (secondary N) is 2. The Morgan fingerprint density at radius 2 is 1.44 bits per heavy atom. The average Bonchev–Trinajstić information content (AvgIpc) is 2.80. The Morgan fingerprint density at radius 1 is 0.861 bits per heavy atom. The molecule has 1 aromatic carbocycles. The maximum atomic E-state index is 11.7. The van der Waals surface area contributed by atoms with Crippen molar-refractivity contribution >= 4 is 45.4 Å². The van der Waals surface area contributed by atoms with Crippen LogP contribution < -0.4 is 10.6 Å². The molecule has 1 atom stereocenters. The van der Waals surface area contributed by atoms with E-state index in [0.717, 1.165) is 5.56 Å². The highest BCUT2D eigenvalue weighted by Crippen LogP contribution is 2.16. The number of benzene rings is 1. The summed E-state index contributed by atoms with van der Waals surface area (Å²) in [6, 6.07) is 6.88. The first-order valence-electron chi connectivity index (χ1n) is 11.7. The van der Waals surface area contributed by atoms with Crippen LogP contribution in [0.4, 0.5) is 5.69 Å². The van der Waals surface area contributed by atoms with E-state index in [1.165, 1.54) is 0 Å². The van der Waals surface area contributed by atoms with Crippen LogP contribution in [0.3, 0.4) is 0 Å². The zero-order chi connectivity index (χ0) is 26.5. The van der Waals surface area contributed by atoms with Gasteiger partial charge in [-0.15, -0.1) is 0 Å². The van der Waals surface area contributed by atoms with Gasteiger partial charge >= 0.3 is 17.9 Å². The van der Waals surface area contributed by atoms with Crippen LogP contribution in [0.15, 0.2) is 24.3 Å². The summed E-state index contributed by atoms with van der Waals surface area (Å²) in [7, 11) is 0. The molecule has 200 valence electrons. The molecule has 5 N–H and O–H groups in total. The molecule has 36 heavy (non-hydrogen) atoms. The van der Waals surface area contributed by atoms with E-state index in [9.17, 15) is 34.5 Å². The van der Waals surface area contributed by atoms with Crippen LogP contribution in [0.1, 0.15) is 5.56 Å². The fourth-order valence-corrected chi connectivity index (χ4v) is 4.26. The summed E-state index contributed by atoms with van der Waals surface area (Å²) in [5.74, 6) is -3.12. The molecular formula is C23H34BrN5O7. The fraction of sp³-hybridized carbons (Fsp3) is 0.565. The molecular weight excluding hydrogens is 538 g/mol. The maximum absolute atomic E-state index is 11.7. The largest absolute Gasteiger partial charge is 0.480 e. The number of anilines is 1. The fourth-order valence-electron chi connectivity index (χ4n) is 4.12. The van der Waals surface area contributed by atoms with Crippen molar-refractivity contribution in [2.75, 3.05) is 76.1 Å². The lowest BCUT2D eigenvalue weighted by molar-refractivity contribution is -0.141. The lowest BCUT2D eigenvalue weighted by Crippen LogP contribution is -2.52. The number of amides is 1. The highest BCUT2D eigenvalue weighted by molar-refractivity contribution is 9.09. The Balaban J connectivity index is 2.29. The van der Waals surface area contributed by atoms with Crippen LogP contribution in [0.5, 0.6) is 0 Å². The minimum atomic E-state index is -1.02. The minimum Gasteiger partial charge on any atom is -0.480 e. The number of nitrogens with zero attached hydrogens (tertiary/aromatic N) is 3. The molecule has 1 heterocycles. The van der Waals surface area contributed by atoms with Gasteiger partial charge in [0.05, 0.1) is 25.0 Å². The van der Waals surface area contributed by atoms with Crippen molar-refractivity contribution in [1.82, 2.24) is 20.0 Å². The Kier molecular flexibility index (Phi) is 12.8. The Morgan fingerprint density at radius 3 is 2.03 bits per heavy atom. The number of halogens is 1. The Labute approximate surface area is 218 Å². The molecule has 1 fully saturated rings. The second-order valence-corrected chi connectivity index (χ2v) is 9.21. The molecule has 0 radical (unpaired) electrons. The lowest BCUT2D eigenvalue weighted by Gasteiger charge is -2.36. The number of hydrogen-bond acceptors (Lipinski definition) is 8. The first-order chi connectivity index (χ1) is 17.2. The first-order valence-corrected chi connectivity index (χ1v) is 12.8. The third kappa shape index (κ3) is 11.4. The molecule has 1 saturated heterocycles. The summed E-state index contributed by atoms with van der Waals surface area (Å²) >= 11 is 3.10. The molecule has 12 nitrogen and oxygen atoms in total. The van der Waals surface area contributed by atoms with Gasteiger partial charge in [-0.3, -0.25) is 33.9 Å². The van der Waals surface area contributed by atoms with E-state index in [1.54, 1.807) is 26.8 Å². The van der Waals surface area contributed by atoms with Gasteiger partial charge in [-0.1, -0.05) is 28.1 Å². The van der Waals surface area contributed by atoms with Gasteiger partial charge in [0.25, 0.3) is 0 Å². The Hall–Kier alpha value is -2.58. The van der Waals surface area contributed by atoms with E-state index in [0.29, 0.717) is 57.9 Å². The number of alkyl halides is 1. The molecule has 0 aliphatic carbocycles. The van der Waals surface area contributed by atoms with Gasteiger partial charge in [0.1, 0.15) is 0 Å². The standard InChI is InChI=1S/C23H34BrN5O7/c24-12-20(30)26-18-3-1-17(2-4-18)11-19-13-28(15-22(33)34)8-6-25-5-7-27(14-21(31)32)9-10-29(19)16-23(35)36/h1-4,19,25H,5-16H2,(H,26,30)(H,31,32)(H,33,34)(H,35,36). The number of carboxylic acid groups (broad SMARTS) is 3. The van der Waals surface area contributed by atoms with Crippen molar-refractivity contribution in [2.24, 2.45) is 0 Å². The van der Waals surface area contributed by atoms with Crippen molar-refractivity contribution in [3.05, 3.63) is 29.8 Å². The van der Waals surface area contributed by atoms with E-state index in [1.807, 2.05) is 12.1 Å². The summed E-state index contributed by atoms with van der Waals surface area (Å²) in [5, 5.41) is 34.4. The van der Waals surface area contributed by atoms with Gasteiger partial charge in [-0.05, 0) is 24.1 Å². The molecule has 0 aromatic heterocycles. The topological polar surface area (TPSA) is 163 Å². The number of carbonyl (C=O) groups is 4. The van der Waals surface area contributed by atoms with E-state index >= 15 is 0 Å². The monoisotopic (exact) mass is 571 g/mol. The number of carboxylic acids is 3. The van der Waals surface area contributed by atoms with Gasteiger partial charge < -0.3 is 26.0 Å². The molecule has 1 aromatic rings. The number of hydrogen-bond donors (Lipinski definition) is 5. The SMILES string of the molecule is O=C(O)CN1CCNCCN(CC(=O)O)CC(Cc2ccc(NC(=O)CBr)cc2)N(CC(=O)O)CC1. The van der Waals surface area contributed by atoms with E-state index in [4.69, 9.17) is 0 Å². The van der Waals surface area contributed by atoms with Crippen LogP contribution in [0, 0.1) is 0 Å². The Bertz CT molecular complexity index is 886. The number of carbonyl (C=O) groups excluding carboxylic acids is 1. The third-order valence-corrected chi connectivity index (χ3v) is 6.29. The summed E-state index contributed by atoms with van der Waals surface area (Å²) < 4.78 is 0. The normalized spacial score (nSPS) is 19.1. The molecule has 0 bridgehead atoms. The molecule has 13 heteroatoms. The van der Waals surface area contributed by atoms with Crippen molar-refractivity contribution in [2.45, 2.75) is 12.5 Å². The first kappa shape index (κ1) is 29.6. The molecule has 1 amide bonds. The zero-order valence-electron chi connectivity index (χ0n) is 20.1. The third-order valence-electron chi connectivity index (χ3n) is 5.78. The van der Waals surface area contributed by atoms with Gasteiger partial charge in [-0.25, -0.2) is 0 Å². The van der Waals surface area contributed by atoms with Crippen LogP contribution in [-0.2, 0) is 25.6 Å². The molecule has 1 aliphatic heterocycles. The van der Waals surface area contributed by atoms with Gasteiger partial charge in [0, 0.05) is 57.5 Å². The molecule has 1 unspecified atom stereocenters. The zero-order valence-corrected chi connectivity index (χ0v) is 21.7. The highest BCUT2D eigenvalue weighted by Gasteiger charge is 2.26. The summed E-state index contributed by atoms with van der Waals surface area (Å²) in [5.41, 5.74) is 1.53. The van der Waals surface area contributed by atoms with Gasteiger partial charge in [-0.2, -0.15) is 0 Å². The van der Waals surface area contributed by atoms with Crippen molar-refractivity contribution in [1.29, 1.82) is 0 Å². The van der Waals surface area contributed by atoms with E-state index < -0.39 is 17.9 Å². The van der Waals surface area contributed by atoms with Crippen molar-refractivity contribution in [3.8, 4) is 0 Å². The smallest absolute Gasteiger partial charge is 0.317 e. The molecule has 1 aliphatic rings. The summed E-state index contributed by atoms with van der Waals surface area (Å²) in [6.07, 6.45) is 0.447. The van der Waals surface area contributed by atoms with Crippen LogP contribution >= 0.6 is 15.9 Å². The average molecular weight is 572 g/mol. The number of rotatable bonds is 10. The predicted molar refractivity (Wildman–Crippen MR) is 137 cm³/mol. The van der Waals surface area contributed by atoms with Crippen LogP contribution in [0.2, 0.25) is 0 Å². The van der Waals surface area contributed by atoms with Crippen LogP contribution in [-0.4, -0.2) is 131 Å². The molecule has 2 rings (SSSR count). The predicted octanol–water partition coefficient (Wildman–Crippen LogP) is -0.306. The lowest BCUT2D eigenvalue weighted by atomic mass is 10.0. The maximum Gasteiger partial charge on any atom is 0.317 e. The van der Waals surface area contributed by atoms with Gasteiger partial charge in [0.15, 0.2) is 0 Å². The highest BCUT2D eigenvalue weighted by atomic mass is 79.9. The quantitative estimate of drug-likeness (QED) is 0.234. The van der Waals surface area contributed by atoms with Crippen molar-refractivity contribution < 1.29 is 34.5 Å². The second-order valence-electron chi connectivity index (χ2n) is 8.65. The molecule has 0 saturated carbocycles. The summed E-state index contributed by atoms with van der Waals surface area (Å²) in [4.78, 5) is 51.5. The minimum absolute atomic E-state index is 0.153.